The molecule has 0 amide bonds. The van der Waals surface area contributed by atoms with Gasteiger partial charge in [-0.1, -0.05) is 31.0 Å². The molecule has 1 saturated carbocycles. The van der Waals surface area contributed by atoms with Gasteiger partial charge < -0.3 is 0 Å². The van der Waals surface area contributed by atoms with Crippen molar-refractivity contribution in [1.29, 1.82) is 0 Å². The van der Waals surface area contributed by atoms with E-state index in [1.165, 1.54) is 12.8 Å². The van der Waals surface area contributed by atoms with Gasteiger partial charge in [0.05, 0.1) is 5.69 Å². The molecule has 4 rings (SSSR count). The fraction of sp³-hybridized carbons (Fsp3) is 0.294. The van der Waals surface area contributed by atoms with Gasteiger partial charge in [-0.05, 0) is 37.1 Å². The van der Waals surface area contributed by atoms with Gasteiger partial charge in [-0.15, -0.1) is 0 Å². The summed E-state index contributed by atoms with van der Waals surface area (Å²) < 4.78 is 3.51. The van der Waals surface area contributed by atoms with Gasteiger partial charge in [0.1, 0.15) is 11.3 Å². The molecule has 1 aliphatic carbocycles. The topological polar surface area (TPSA) is 39.3 Å². The van der Waals surface area contributed by atoms with E-state index in [-0.39, 0.29) is 5.56 Å². The Labute approximate surface area is 122 Å². The summed E-state index contributed by atoms with van der Waals surface area (Å²) in [6.45, 7) is 0. The van der Waals surface area contributed by atoms with Crippen molar-refractivity contribution in [3.63, 3.8) is 0 Å². The molecule has 0 spiro atoms. The van der Waals surface area contributed by atoms with Crippen LogP contribution in [-0.2, 0) is 0 Å². The van der Waals surface area contributed by atoms with Crippen LogP contribution in [0, 0.1) is 0 Å². The molecule has 0 atom stereocenters. The summed E-state index contributed by atoms with van der Waals surface area (Å²) in [5, 5.41) is 4.73. The smallest absolute Gasteiger partial charge is 0.266 e. The third-order valence-electron chi connectivity index (χ3n) is 4.32. The van der Waals surface area contributed by atoms with E-state index in [2.05, 4.69) is 0 Å². The zero-order valence-corrected chi connectivity index (χ0v) is 11.8. The molecule has 3 aromatic rings. The van der Waals surface area contributed by atoms with E-state index in [1.54, 1.807) is 9.08 Å². The van der Waals surface area contributed by atoms with Gasteiger partial charge in [-0.2, -0.15) is 5.10 Å². The first-order chi connectivity index (χ1) is 10.3. The van der Waals surface area contributed by atoms with Crippen molar-refractivity contribution in [2.75, 3.05) is 0 Å². The first kappa shape index (κ1) is 12.4. The minimum absolute atomic E-state index is 0.0168. The molecule has 4 heteroatoms. The lowest BCUT2D eigenvalue weighted by Crippen LogP contribution is -2.27. The Balaban J connectivity index is 2.03. The first-order valence-corrected chi connectivity index (χ1v) is 7.50. The Bertz CT molecular complexity index is 826. The summed E-state index contributed by atoms with van der Waals surface area (Å²) in [5.74, 6) is 1.28. The lowest BCUT2D eigenvalue weighted by molar-refractivity contribution is 0.605. The zero-order valence-electron chi connectivity index (χ0n) is 11.8. The highest BCUT2D eigenvalue weighted by molar-refractivity contribution is 5.47. The largest absolute Gasteiger partial charge is 0.282 e. The Morgan fingerprint density at radius 1 is 1.00 bits per heavy atom. The zero-order chi connectivity index (χ0) is 14.2. The van der Waals surface area contributed by atoms with Crippen molar-refractivity contribution in [2.24, 2.45) is 0 Å². The van der Waals surface area contributed by atoms with Gasteiger partial charge >= 0.3 is 0 Å². The maximum Gasteiger partial charge on any atom is 0.282 e. The third kappa shape index (κ3) is 1.98. The van der Waals surface area contributed by atoms with E-state index in [0.29, 0.717) is 11.4 Å². The third-order valence-corrected chi connectivity index (χ3v) is 4.32. The molecule has 2 aromatic heterocycles. The molecular formula is C17H17N3O. The van der Waals surface area contributed by atoms with E-state index in [4.69, 9.17) is 5.10 Å². The van der Waals surface area contributed by atoms with Crippen LogP contribution in [0.25, 0.3) is 11.2 Å². The summed E-state index contributed by atoms with van der Waals surface area (Å²) in [6.07, 6.45) is 6.53. The number of fused-ring (bicyclic) bond motifs is 1. The number of rotatable bonds is 2. The van der Waals surface area contributed by atoms with E-state index in [0.717, 1.165) is 24.4 Å². The first-order valence-electron chi connectivity index (χ1n) is 7.50. The monoisotopic (exact) mass is 279 g/mol. The molecule has 21 heavy (non-hydrogen) atoms. The number of hydrogen-bond acceptors (Lipinski definition) is 2. The minimum Gasteiger partial charge on any atom is -0.266 e. The van der Waals surface area contributed by atoms with Crippen LogP contribution >= 0.6 is 0 Å². The van der Waals surface area contributed by atoms with Crippen LogP contribution in [0.5, 0.6) is 0 Å². The molecule has 0 unspecified atom stereocenters. The molecule has 0 bridgehead atoms. The standard InChI is InChI=1S/C17H17N3O/c21-17-15-11-6-12-19(15)18-16(13-7-4-5-8-13)20(17)14-9-2-1-3-10-14/h1-3,6,9-13H,4-5,7-8H2. The summed E-state index contributed by atoms with van der Waals surface area (Å²) in [5.41, 5.74) is 1.55. The van der Waals surface area contributed by atoms with Crippen molar-refractivity contribution in [2.45, 2.75) is 31.6 Å². The van der Waals surface area contributed by atoms with Crippen molar-refractivity contribution in [3.8, 4) is 5.69 Å². The molecule has 1 aliphatic rings. The van der Waals surface area contributed by atoms with Crippen LogP contribution < -0.4 is 5.56 Å². The van der Waals surface area contributed by atoms with Gasteiger partial charge in [0.15, 0.2) is 0 Å². The van der Waals surface area contributed by atoms with Crippen molar-refractivity contribution >= 4 is 5.52 Å². The second-order valence-electron chi connectivity index (χ2n) is 5.65. The second kappa shape index (κ2) is 4.88. The highest BCUT2D eigenvalue weighted by atomic mass is 16.1. The minimum atomic E-state index is 0.0168. The summed E-state index contributed by atoms with van der Waals surface area (Å²) in [7, 11) is 0. The number of hydrogen-bond donors (Lipinski definition) is 0. The van der Waals surface area contributed by atoms with Crippen LogP contribution in [-0.4, -0.2) is 14.2 Å². The fourth-order valence-corrected chi connectivity index (χ4v) is 3.28. The van der Waals surface area contributed by atoms with Gasteiger partial charge in [0, 0.05) is 12.1 Å². The number of nitrogens with zero attached hydrogens (tertiary/aromatic N) is 3. The average Bonchev–Trinajstić information content (AvgIpc) is 3.19. The molecule has 0 aliphatic heterocycles. The number of benzene rings is 1. The van der Waals surface area contributed by atoms with Gasteiger partial charge in [0.2, 0.25) is 0 Å². The highest BCUT2D eigenvalue weighted by Crippen LogP contribution is 2.33. The van der Waals surface area contributed by atoms with E-state index in [1.807, 2.05) is 48.7 Å². The number of aromatic nitrogens is 3. The van der Waals surface area contributed by atoms with Crippen LogP contribution in [0.3, 0.4) is 0 Å². The van der Waals surface area contributed by atoms with Crippen molar-refractivity contribution in [1.82, 2.24) is 14.2 Å². The quantitative estimate of drug-likeness (QED) is 0.723. The molecular weight excluding hydrogens is 262 g/mol. The normalized spacial score (nSPS) is 15.8. The summed E-state index contributed by atoms with van der Waals surface area (Å²) >= 11 is 0. The van der Waals surface area contributed by atoms with E-state index in [9.17, 15) is 4.79 Å². The molecule has 0 saturated heterocycles. The van der Waals surface area contributed by atoms with Gasteiger partial charge in [-0.3, -0.25) is 9.36 Å². The summed E-state index contributed by atoms with van der Waals surface area (Å²) in [4.78, 5) is 12.9. The average molecular weight is 279 g/mol. The predicted molar refractivity (Wildman–Crippen MR) is 82.0 cm³/mol. The number of para-hydroxylation sites is 1. The van der Waals surface area contributed by atoms with Crippen LogP contribution in [0.15, 0.2) is 53.5 Å². The highest BCUT2D eigenvalue weighted by Gasteiger charge is 2.24. The fourth-order valence-electron chi connectivity index (χ4n) is 3.28. The van der Waals surface area contributed by atoms with Crippen molar-refractivity contribution in [3.05, 3.63) is 64.8 Å². The maximum absolute atomic E-state index is 12.9. The Morgan fingerprint density at radius 3 is 2.52 bits per heavy atom. The van der Waals surface area contributed by atoms with E-state index < -0.39 is 0 Å². The van der Waals surface area contributed by atoms with Crippen LogP contribution in [0.1, 0.15) is 37.4 Å². The summed E-state index contributed by atoms with van der Waals surface area (Å²) in [6, 6.07) is 13.5. The second-order valence-corrected chi connectivity index (χ2v) is 5.65. The molecule has 1 fully saturated rings. The lowest BCUT2D eigenvalue weighted by Gasteiger charge is -2.17. The molecule has 2 heterocycles. The van der Waals surface area contributed by atoms with E-state index >= 15 is 0 Å². The maximum atomic E-state index is 12.9. The predicted octanol–water partition coefficient (Wildman–Crippen LogP) is 3.14. The van der Waals surface area contributed by atoms with Crippen molar-refractivity contribution < 1.29 is 0 Å². The molecule has 0 radical (unpaired) electrons. The molecule has 106 valence electrons. The molecule has 4 nitrogen and oxygen atoms in total. The Hall–Kier alpha value is -2.36. The lowest BCUT2D eigenvalue weighted by atomic mass is 10.1. The van der Waals surface area contributed by atoms with Crippen LogP contribution in [0.2, 0.25) is 0 Å². The van der Waals surface area contributed by atoms with Gasteiger partial charge in [0.25, 0.3) is 5.56 Å². The molecule has 1 aromatic carbocycles. The SMILES string of the molecule is O=c1c2cccn2nc(C2CCCC2)n1-c1ccccc1. The Kier molecular flexibility index (Phi) is 2.88. The molecule has 0 N–H and O–H groups in total. The van der Waals surface area contributed by atoms with Crippen LogP contribution in [0.4, 0.5) is 0 Å². The Morgan fingerprint density at radius 2 is 1.76 bits per heavy atom. The van der Waals surface area contributed by atoms with Gasteiger partial charge in [-0.25, -0.2) is 4.52 Å².